The summed E-state index contributed by atoms with van der Waals surface area (Å²) < 4.78 is 42.2. The highest BCUT2D eigenvalue weighted by Crippen LogP contribution is 2.58. The Morgan fingerprint density at radius 3 is 2.55 bits per heavy atom. The number of para-hydroxylation sites is 1. The molecule has 2 aliphatic rings. The summed E-state index contributed by atoms with van der Waals surface area (Å²) in [6.07, 6.45) is 1.28. The van der Waals surface area contributed by atoms with E-state index in [0.29, 0.717) is 11.1 Å². The second-order valence-corrected chi connectivity index (χ2v) is 13.1. The molecule has 4 rings (SSSR count). The molecule has 11 nitrogen and oxygen atoms in total. The number of benzene rings is 1. The molecule has 1 aromatic carbocycles. The molecule has 1 N–H and O–H groups in total. The SMILES string of the molecule is COC(=O)[C@]1(NC(=O)[C@@H](C)Cc2cn(C(=O)OC(C)(C)C)c3ccccc23)CS(=O)(=O)[C@H]2[C@H](COC=O)[C@H]21. The van der Waals surface area contributed by atoms with E-state index < -0.39 is 67.7 Å². The lowest BCUT2D eigenvalue weighted by molar-refractivity contribution is -0.151. The van der Waals surface area contributed by atoms with Crippen LogP contribution in [0.3, 0.4) is 0 Å². The van der Waals surface area contributed by atoms with E-state index in [4.69, 9.17) is 14.2 Å². The van der Waals surface area contributed by atoms with Crippen molar-refractivity contribution in [2.75, 3.05) is 19.5 Å². The maximum Gasteiger partial charge on any atom is 0.419 e. The van der Waals surface area contributed by atoms with Crippen molar-refractivity contribution in [1.82, 2.24) is 9.88 Å². The Kier molecular flexibility index (Phi) is 7.06. The van der Waals surface area contributed by atoms with E-state index in [-0.39, 0.29) is 19.5 Å². The Morgan fingerprint density at radius 2 is 1.92 bits per heavy atom. The average Bonchev–Trinajstić information content (AvgIpc) is 3.40. The number of carbonyl (C=O) groups is 4. The van der Waals surface area contributed by atoms with Crippen LogP contribution >= 0.6 is 0 Å². The van der Waals surface area contributed by atoms with Gasteiger partial charge in [0, 0.05) is 29.3 Å². The molecule has 0 unspecified atom stereocenters. The van der Waals surface area contributed by atoms with Crippen LogP contribution in [0, 0.1) is 17.8 Å². The number of nitrogens with one attached hydrogen (secondary N) is 1. The Hall–Kier alpha value is -3.41. The number of sulfone groups is 1. The molecule has 0 spiro atoms. The van der Waals surface area contributed by atoms with E-state index in [2.05, 4.69) is 5.32 Å². The monoisotopic (exact) mass is 548 g/mol. The van der Waals surface area contributed by atoms with Crippen molar-refractivity contribution in [3.8, 4) is 0 Å². The van der Waals surface area contributed by atoms with Crippen LogP contribution in [0.2, 0.25) is 0 Å². The highest BCUT2D eigenvalue weighted by atomic mass is 32.2. The lowest BCUT2D eigenvalue weighted by Crippen LogP contribution is -2.60. The Morgan fingerprint density at radius 1 is 1.24 bits per heavy atom. The molecule has 0 bridgehead atoms. The average molecular weight is 549 g/mol. The largest absolute Gasteiger partial charge is 0.468 e. The maximum atomic E-state index is 13.4. The van der Waals surface area contributed by atoms with Crippen molar-refractivity contribution in [3.63, 3.8) is 0 Å². The zero-order valence-corrected chi connectivity index (χ0v) is 22.7. The van der Waals surface area contributed by atoms with Crippen LogP contribution in [-0.4, -0.2) is 73.3 Å². The van der Waals surface area contributed by atoms with Crippen LogP contribution in [-0.2, 0) is 44.9 Å². The first-order chi connectivity index (χ1) is 17.8. The number of fused-ring (bicyclic) bond motifs is 2. The van der Waals surface area contributed by atoms with E-state index in [1.807, 2.05) is 12.1 Å². The van der Waals surface area contributed by atoms with Crippen LogP contribution in [0.25, 0.3) is 10.9 Å². The molecular weight excluding hydrogens is 516 g/mol. The van der Waals surface area contributed by atoms with Crippen LogP contribution in [0.1, 0.15) is 33.3 Å². The summed E-state index contributed by atoms with van der Waals surface area (Å²) >= 11 is 0. The van der Waals surface area contributed by atoms with E-state index in [1.54, 1.807) is 46.0 Å². The van der Waals surface area contributed by atoms with Gasteiger partial charge >= 0.3 is 12.1 Å². The molecule has 1 aliphatic carbocycles. The van der Waals surface area contributed by atoms with Gasteiger partial charge in [-0.2, -0.15) is 0 Å². The topological polar surface area (TPSA) is 147 Å². The lowest BCUT2D eigenvalue weighted by atomic mass is 9.91. The molecule has 1 amide bonds. The quantitative estimate of drug-likeness (QED) is 0.296. The minimum atomic E-state index is -3.74. The van der Waals surface area contributed by atoms with Crippen LogP contribution in [0.4, 0.5) is 4.79 Å². The summed E-state index contributed by atoms with van der Waals surface area (Å²) in [6.45, 7) is 7.00. The van der Waals surface area contributed by atoms with Crippen molar-refractivity contribution in [1.29, 1.82) is 0 Å². The van der Waals surface area contributed by atoms with Crippen molar-refractivity contribution >= 4 is 45.2 Å². The second-order valence-electron chi connectivity index (χ2n) is 11.0. The predicted molar refractivity (Wildman–Crippen MR) is 136 cm³/mol. The third-order valence-corrected chi connectivity index (χ3v) is 9.45. The van der Waals surface area contributed by atoms with Crippen LogP contribution < -0.4 is 5.32 Å². The van der Waals surface area contributed by atoms with Crippen LogP contribution in [0.15, 0.2) is 30.5 Å². The molecule has 0 radical (unpaired) electrons. The lowest BCUT2D eigenvalue weighted by Gasteiger charge is -2.30. The zero-order valence-electron chi connectivity index (χ0n) is 21.9. The van der Waals surface area contributed by atoms with Gasteiger partial charge in [-0.3, -0.25) is 14.2 Å². The molecule has 5 atom stereocenters. The van der Waals surface area contributed by atoms with Crippen molar-refractivity contribution in [2.45, 2.75) is 50.5 Å². The summed E-state index contributed by atoms with van der Waals surface area (Å²) in [5.74, 6) is -4.05. The third kappa shape index (κ3) is 4.89. The summed E-state index contributed by atoms with van der Waals surface area (Å²) in [4.78, 5) is 49.8. The van der Waals surface area contributed by atoms with E-state index >= 15 is 0 Å². The third-order valence-electron chi connectivity index (χ3n) is 7.12. The summed E-state index contributed by atoms with van der Waals surface area (Å²) in [6, 6.07) is 7.22. The molecule has 2 heterocycles. The number of amides is 1. The number of nitrogens with zero attached hydrogens (tertiary/aromatic N) is 1. The Labute approximate surface area is 220 Å². The minimum absolute atomic E-state index is 0.174. The standard InChI is InChI=1S/C26H32N2O9S/c1-15(10-16-11-28(24(32)37-25(2,3)4)19-9-7-6-8-17(16)19)22(30)27-26(23(31)35-5)13-38(33,34)21-18(20(21)26)12-36-14-29/h6-9,11,14-15,18,20-21H,10,12-13H2,1-5H3,(H,27,30)/t15-,18+,20+,21-,26-/m0/s1. The number of aromatic nitrogens is 1. The molecule has 1 aliphatic heterocycles. The second kappa shape index (κ2) is 9.72. The fourth-order valence-corrected chi connectivity index (χ4v) is 8.31. The van der Waals surface area contributed by atoms with Gasteiger partial charge in [0.25, 0.3) is 6.47 Å². The van der Waals surface area contributed by atoms with Gasteiger partial charge in [0.05, 0.1) is 30.2 Å². The molecule has 12 heteroatoms. The Bertz CT molecular complexity index is 1390. The first kappa shape index (κ1) is 27.6. The number of methoxy groups -OCH3 is 1. The Balaban J connectivity index is 1.59. The molecule has 2 aromatic rings. The molecule has 38 heavy (non-hydrogen) atoms. The number of hydrogen-bond acceptors (Lipinski definition) is 9. The molecular formula is C26H32N2O9S. The highest BCUT2D eigenvalue weighted by Gasteiger charge is 2.77. The van der Waals surface area contributed by atoms with E-state index in [1.165, 1.54) is 4.57 Å². The van der Waals surface area contributed by atoms with E-state index in [9.17, 15) is 27.6 Å². The number of carbonyl (C=O) groups excluding carboxylic acids is 4. The molecule has 206 valence electrons. The van der Waals surface area contributed by atoms with Crippen molar-refractivity contribution in [3.05, 3.63) is 36.0 Å². The van der Waals surface area contributed by atoms with Gasteiger partial charge in [0.15, 0.2) is 15.4 Å². The molecule has 1 saturated heterocycles. The van der Waals surface area contributed by atoms with Crippen molar-refractivity contribution < 1.29 is 41.8 Å². The molecule has 2 fully saturated rings. The normalized spacial score (nSPS) is 26.2. The summed E-state index contributed by atoms with van der Waals surface area (Å²) in [7, 11) is -2.61. The van der Waals surface area contributed by atoms with Gasteiger partial charge in [0.1, 0.15) is 5.60 Å². The van der Waals surface area contributed by atoms with E-state index in [0.717, 1.165) is 12.5 Å². The van der Waals surface area contributed by atoms with Gasteiger partial charge < -0.3 is 19.5 Å². The predicted octanol–water partition coefficient (Wildman–Crippen LogP) is 1.85. The van der Waals surface area contributed by atoms with Crippen LogP contribution in [0.5, 0.6) is 0 Å². The number of ether oxygens (including phenoxy) is 3. The van der Waals surface area contributed by atoms with Crippen molar-refractivity contribution in [2.24, 2.45) is 17.8 Å². The fraction of sp³-hybridized carbons (Fsp3) is 0.538. The first-order valence-electron chi connectivity index (χ1n) is 12.3. The minimum Gasteiger partial charge on any atom is -0.468 e. The maximum absolute atomic E-state index is 13.4. The van der Waals surface area contributed by atoms with Gasteiger partial charge in [0.2, 0.25) is 5.91 Å². The summed E-state index contributed by atoms with van der Waals surface area (Å²) in [5.41, 5.74) is -1.14. The number of esters is 1. The van der Waals surface area contributed by atoms with Gasteiger partial charge in [-0.1, -0.05) is 25.1 Å². The number of hydrogen-bond donors (Lipinski definition) is 1. The fourth-order valence-electron chi connectivity index (χ4n) is 5.52. The first-order valence-corrected chi connectivity index (χ1v) is 14.0. The van der Waals surface area contributed by atoms with Gasteiger partial charge in [-0.15, -0.1) is 0 Å². The highest BCUT2D eigenvalue weighted by molar-refractivity contribution is 7.92. The van der Waals surface area contributed by atoms with Gasteiger partial charge in [-0.25, -0.2) is 18.0 Å². The molecule has 1 aromatic heterocycles. The smallest absolute Gasteiger partial charge is 0.419 e. The van der Waals surface area contributed by atoms with Gasteiger partial charge in [-0.05, 0) is 38.8 Å². The summed E-state index contributed by atoms with van der Waals surface area (Å²) in [5, 5.41) is 2.55. The molecule has 1 saturated carbocycles. The number of rotatable bonds is 8. The zero-order chi connectivity index (χ0) is 28.0.